The number of para-hydroxylation sites is 1. The van der Waals surface area contributed by atoms with E-state index in [9.17, 15) is 4.79 Å². The number of hydrogen-bond donors (Lipinski definition) is 0. The molecule has 0 spiro atoms. The molecule has 5 heteroatoms. The van der Waals surface area contributed by atoms with E-state index in [0.717, 1.165) is 11.3 Å². The average Bonchev–Trinajstić information content (AvgIpc) is 2.90. The zero-order valence-electron chi connectivity index (χ0n) is 11.4. The van der Waals surface area contributed by atoms with Crippen LogP contribution in [-0.4, -0.2) is 24.4 Å². The minimum Gasteiger partial charge on any atom is -0.310 e. The first-order valence-corrected chi connectivity index (χ1v) is 6.48. The number of rotatable bonds is 3. The third-order valence-corrected chi connectivity index (χ3v) is 3.06. The highest BCUT2D eigenvalue weighted by atomic mass is 16.7. The average molecular weight is 279 g/mol. The van der Waals surface area contributed by atoms with Crippen LogP contribution in [0.1, 0.15) is 5.56 Å². The van der Waals surface area contributed by atoms with Gasteiger partial charge in [-0.1, -0.05) is 53.7 Å². The van der Waals surface area contributed by atoms with Crippen molar-refractivity contribution >= 4 is 23.1 Å². The van der Waals surface area contributed by atoms with Crippen LogP contribution in [0.25, 0.3) is 0 Å². The predicted octanol–water partition coefficient (Wildman–Crippen LogP) is 2.44. The minimum atomic E-state index is -0.545. The second-order valence-electron chi connectivity index (χ2n) is 4.49. The van der Waals surface area contributed by atoms with Crippen molar-refractivity contribution in [2.75, 3.05) is 12.1 Å². The van der Waals surface area contributed by atoms with Crippen molar-refractivity contribution < 1.29 is 9.63 Å². The molecule has 0 N–H and O–H groups in total. The van der Waals surface area contributed by atoms with E-state index in [4.69, 9.17) is 4.84 Å². The van der Waals surface area contributed by atoms with E-state index in [2.05, 4.69) is 10.3 Å². The Morgan fingerprint density at radius 2 is 1.62 bits per heavy atom. The van der Waals surface area contributed by atoms with Crippen molar-refractivity contribution in [1.29, 1.82) is 0 Å². The van der Waals surface area contributed by atoms with Crippen LogP contribution in [0.3, 0.4) is 0 Å². The van der Waals surface area contributed by atoms with Crippen LogP contribution in [-0.2, 0) is 9.63 Å². The van der Waals surface area contributed by atoms with Crippen LogP contribution in [0.15, 0.2) is 70.9 Å². The van der Waals surface area contributed by atoms with Gasteiger partial charge in [-0.3, -0.25) is 5.01 Å². The van der Waals surface area contributed by atoms with Crippen molar-refractivity contribution in [1.82, 2.24) is 0 Å². The van der Waals surface area contributed by atoms with E-state index in [1.165, 1.54) is 0 Å². The first-order chi connectivity index (χ1) is 10.3. The second kappa shape index (κ2) is 5.58. The lowest BCUT2D eigenvalue weighted by Crippen LogP contribution is -2.24. The number of hydrazone groups is 1. The van der Waals surface area contributed by atoms with Gasteiger partial charge in [-0.15, -0.1) is 0 Å². The zero-order valence-corrected chi connectivity index (χ0v) is 11.4. The summed E-state index contributed by atoms with van der Waals surface area (Å²) < 4.78 is 0. The van der Waals surface area contributed by atoms with E-state index in [1.807, 2.05) is 60.7 Å². The van der Waals surface area contributed by atoms with Gasteiger partial charge in [-0.25, -0.2) is 4.79 Å². The fraction of sp³-hybridized carbons (Fsp3) is 0.0625. The molecule has 0 amide bonds. The molecule has 0 bridgehead atoms. The molecule has 0 saturated carbocycles. The summed E-state index contributed by atoms with van der Waals surface area (Å²) >= 11 is 0. The van der Waals surface area contributed by atoms with Gasteiger partial charge >= 0.3 is 5.97 Å². The Bertz CT molecular complexity index is 709. The minimum absolute atomic E-state index is 0.201. The molecule has 0 atom stereocenters. The summed E-state index contributed by atoms with van der Waals surface area (Å²) in [5, 5.41) is 9.78. The lowest BCUT2D eigenvalue weighted by atomic mass is 10.1. The summed E-state index contributed by atoms with van der Waals surface area (Å²) in [5.74, 6) is -0.545. The van der Waals surface area contributed by atoms with Gasteiger partial charge in [0.15, 0.2) is 0 Å². The van der Waals surface area contributed by atoms with Gasteiger partial charge in [0.2, 0.25) is 5.71 Å². The van der Waals surface area contributed by atoms with Crippen molar-refractivity contribution in [2.24, 2.45) is 10.3 Å². The number of nitrogens with zero attached hydrogens (tertiary/aromatic N) is 3. The van der Waals surface area contributed by atoms with Crippen molar-refractivity contribution in [3.8, 4) is 0 Å². The Hall–Kier alpha value is -2.95. The van der Waals surface area contributed by atoms with Gasteiger partial charge in [0.1, 0.15) is 5.71 Å². The molecular weight excluding hydrogens is 266 g/mol. The fourth-order valence-corrected chi connectivity index (χ4v) is 2.00. The van der Waals surface area contributed by atoms with Gasteiger partial charge in [0.25, 0.3) is 0 Å². The van der Waals surface area contributed by atoms with Gasteiger partial charge in [0, 0.05) is 12.6 Å². The Balaban J connectivity index is 1.94. The highest BCUT2D eigenvalue weighted by Gasteiger charge is 2.29. The summed E-state index contributed by atoms with van der Waals surface area (Å²) in [7, 11) is 1.77. The molecule has 2 aromatic carbocycles. The van der Waals surface area contributed by atoms with Crippen LogP contribution >= 0.6 is 0 Å². The number of oxime groups is 1. The molecule has 1 aliphatic heterocycles. The third kappa shape index (κ3) is 2.67. The van der Waals surface area contributed by atoms with E-state index in [1.54, 1.807) is 12.1 Å². The number of anilines is 1. The molecule has 0 saturated heterocycles. The topological polar surface area (TPSA) is 54.3 Å². The molecule has 0 fully saturated rings. The molecule has 2 aromatic rings. The molecular formula is C16H13N3O2. The van der Waals surface area contributed by atoms with Gasteiger partial charge < -0.3 is 4.84 Å². The smallest absolute Gasteiger partial charge is 0.310 e. The van der Waals surface area contributed by atoms with E-state index in [0.29, 0.717) is 5.71 Å². The largest absolute Gasteiger partial charge is 0.388 e. The van der Waals surface area contributed by atoms with E-state index in [-0.39, 0.29) is 5.71 Å². The second-order valence-corrected chi connectivity index (χ2v) is 4.49. The molecule has 1 heterocycles. The first kappa shape index (κ1) is 13.1. The molecule has 1 aliphatic rings. The zero-order chi connectivity index (χ0) is 14.7. The van der Waals surface area contributed by atoms with Gasteiger partial charge in [-0.05, 0) is 12.1 Å². The first-order valence-electron chi connectivity index (χ1n) is 6.48. The molecule has 21 heavy (non-hydrogen) atoms. The SMILES string of the molecule is CN(N=C1C(=O)ON=C1c1ccccc1)c1ccccc1. The molecule has 0 unspecified atom stereocenters. The molecule has 104 valence electrons. The molecule has 0 radical (unpaired) electrons. The Morgan fingerprint density at radius 1 is 1.00 bits per heavy atom. The summed E-state index contributed by atoms with van der Waals surface area (Å²) in [6.45, 7) is 0. The summed E-state index contributed by atoms with van der Waals surface area (Å²) in [6.07, 6.45) is 0. The number of hydrogen-bond acceptors (Lipinski definition) is 5. The van der Waals surface area contributed by atoms with Gasteiger partial charge in [-0.2, -0.15) is 5.10 Å². The third-order valence-electron chi connectivity index (χ3n) is 3.06. The molecule has 0 aliphatic carbocycles. The van der Waals surface area contributed by atoms with Crippen molar-refractivity contribution in [2.45, 2.75) is 0 Å². The van der Waals surface area contributed by atoms with E-state index < -0.39 is 5.97 Å². The van der Waals surface area contributed by atoms with Crippen molar-refractivity contribution in [3.63, 3.8) is 0 Å². The predicted molar refractivity (Wildman–Crippen MR) is 81.4 cm³/mol. The highest BCUT2D eigenvalue weighted by molar-refractivity contribution is 6.70. The molecule has 3 rings (SSSR count). The monoisotopic (exact) mass is 279 g/mol. The Labute approximate surface area is 122 Å². The van der Waals surface area contributed by atoms with E-state index >= 15 is 0 Å². The summed E-state index contributed by atoms with van der Waals surface area (Å²) in [4.78, 5) is 16.6. The molecule has 5 nitrogen and oxygen atoms in total. The Kier molecular flexibility index (Phi) is 3.47. The maximum Gasteiger partial charge on any atom is 0.388 e. The Morgan fingerprint density at radius 3 is 2.29 bits per heavy atom. The maximum atomic E-state index is 11.8. The normalized spacial score (nSPS) is 15.8. The summed E-state index contributed by atoms with van der Waals surface area (Å²) in [6, 6.07) is 18.9. The van der Waals surface area contributed by atoms with Gasteiger partial charge in [0.05, 0.1) is 5.69 Å². The van der Waals surface area contributed by atoms with Crippen LogP contribution in [0.2, 0.25) is 0 Å². The fourth-order valence-electron chi connectivity index (χ4n) is 2.00. The lowest BCUT2D eigenvalue weighted by Gasteiger charge is -2.13. The lowest BCUT2D eigenvalue weighted by molar-refractivity contribution is -0.134. The van der Waals surface area contributed by atoms with Crippen molar-refractivity contribution in [3.05, 3.63) is 66.2 Å². The molecule has 0 aromatic heterocycles. The number of benzene rings is 2. The van der Waals surface area contributed by atoms with Crippen LogP contribution in [0.4, 0.5) is 5.69 Å². The van der Waals surface area contributed by atoms with Crippen LogP contribution in [0.5, 0.6) is 0 Å². The standard InChI is InChI=1S/C16H13N3O2/c1-19(13-10-6-3-7-11-13)17-15-14(18-21-16(15)20)12-8-4-2-5-9-12/h2-11H,1H3. The summed E-state index contributed by atoms with van der Waals surface area (Å²) in [5.41, 5.74) is 2.32. The quantitative estimate of drug-likeness (QED) is 0.640. The number of carbonyl (C=O) groups is 1. The van der Waals surface area contributed by atoms with Crippen LogP contribution < -0.4 is 5.01 Å². The number of carbonyl (C=O) groups excluding carboxylic acids is 1. The van der Waals surface area contributed by atoms with Crippen LogP contribution in [0, 0.1) is 0 Å². The highest BCUT2D eigenvalue weighted by Crippen LogP contribution is 2.15. The maximum absolute atomic E-state index is 11.8.